The number of anilines is 2. The second-order valence-corrected chi connectivity index (χ2v) is 8.87. The number of hydroxylamine groups is 1. The molecule has 0 spiro atoms. The minimum Gasteiger partial charge on any atom is -0.494 e. The molecule has 0 radical (unpaired) electrons. The zero-order valence-corrected chi connectivity index (χ0v) is 19.6. The van der Waals surface area contributed by atoms with E-state index in [1.165, 1.54) is 4.90 Å². The highest BCUT2D eigenvalue weighted by Crippen LogP contribution is 2.48. The van der Waals surface area contributed by atoms with Crippen LogP contribution in [0.1, 0.15) is 36.1 Å². The van der Waals surface area contributed by atoms with Gasteiger partial charge in [-0.3, -0.25) is 14.4 Å². The molecule has 6 nitrogen and oxygen atoms in total. The number of nitrogens with zero attached hydrogens (tertiary/aromatic N) is 2. The molecule has 6 heteroatoms. The molecule has 0 bridgehead atoms. The van der Waals surface area contributed by atoms with E-state index >= 15 is 0 Å². The van der Waals surface area contributed by atoms with Crippen LogP contribution in [0.15, 0.2) is 72.8 Å². The topological polar surface area (TPSA) is 59.1 Å². The van der Waals surface area contributed by atoms with Crippen molar-refractivity contribution in [3.63, 3.8) is 0 Å². The van der Waals surface area contributed by atoms with Crippen LogP contribution in [0, 0.1) is 19.8 Å². The number of benzene rings is 3. The van der Waals surface area contributed by atoms with Gasteiger partial charge in [-0.05, 0) is 67.8 Å². The molecule has 2 aliphatic rings. The summed E-state index contributed by atoms with van der Waals surface area (Å²) in [5, 5.41) is 1.74. The summed E-state index contributed by atoms with van der Waals surface area (Å²) in [7, 11) is 0. The zero-order valence-electron chi connectivity index (χ0n) is 19.6. The van der Waals surface area contributed by atoms with E-state index in [0.29, 0.717) is 18.0 Å². The number of imide groups is 1. The Balaban J connectivity index is 1.52. The number of carbonyl (C=O) groups excluding carboxylic acids is 2. The molecule has 3 aromatic rings. The summed E-state index contributed by atoms with van der Waals surface area (Å²) in [6.45, 7) is 6.73. The van der Waals surface area contributed by atoms with E-state index in [0.717, 1.165) is 28.8 Å². The van der Waals surface area contributed by atoms with Gasteiger partial charge in [-0.2, -0.15) is 0 Å². The average Bonchev–Trinajstić information content (AvgIpc) is 3.35. The predicted molar refractivity (Wildman–Crippen MR) is 131 cm³/mol. The third kappa shape index (κ3) is 3.74. The van der Waals surface area contributed by atoms with Crippen LogP contribution in [0.4, 0.5) is 11.4 Å². The molecule has 2 saturated heterocycles. The van der Waals surface area contributed by atoms with Gasteiger partial charge >= 0.3 is 0 Å². The van der Waals surface area contributed by atoms with Gasteiger partial charge in [-0.25, -0.2) is 9.96 Å². The van der Waals surface area contributed by atoms with Crippen molar-refractivity contribution in [2.45, 2.75) is 39.3 Å². The maximum absolute atomic E-state index is 13.8. The van der Waals surface area contributed by atoms with Crippen LogP contribution in [0.5, 0.6) is 5.75 Å². The van der Waals surface area contributed by atoms with Gasteiger partial charge < -0.3 is 4.74 Å². The predicted octanol–water partition coefficient (Wildman–Crippen LogP) is 5.14. The molecule has 2 fully saturated rings. The molecule has 2 amide bonds. The molecule has 2 heterocycles. The molecule has 0 aliphatic carbocycles. The minimum absolute atomic E-state index is 0.249. The number of hydrogen-bond acceptors (Lipinski definition) is 5. The second kappa shape index (κ2) is 8.95. The Labute approximate surface area is 199 Å². The normalized spacial score (nSPS) is 21.8. The lowest BCUT2D eigenvalue weighted by atomic mass is 9.87. The quantitative estimate of drug-likeness (QED) is 0.481. The van der Waals surface area contributed by atoms with Gasteiger partial charge in [-0.15, -0.1) is 0 Å². The van der Waals surface area contributed by atoms with Crippen LogP contribution in [-0.4, -0.2) is 24.5 Å². The standard InChI is InChI=1S/C28H28N2O4/c1-4-16-33-22-13-11-20(12-14-22)29-27(31)24-25(23-15-10-18(2)17-19(23)3)30(34-26(24)28(29)32)21-8-6-5-7-9-21/h5-15,17,24-26H,4,16H2,1-3H3/t24-,25-,26-/m1/s1. The van der Waals surface area contributed by atoms with Crippen LogP contribution in [0.2, 0.25) is 0 Å². The molecular formula is C28H28N2O4. The number of carbonyl (C=O) groups is 2. The van der Waals surface area contributed by atoms with Crippen molar-refractivity contribution in [1.82, 2.24) is 0 Å². The number of fused-ring (bicyclic) bond motifs is 1. The van der Waals surface area contributed by atoms with Crippen molar-refractivity contribution < 1.29 is 19.2 Å². The van der Waals surface area contributed by atoms with Gasteiger partial charge in [0.1, 0.15) is 11.7 Å². The van der Waals surface area contributed by atoms with E-state index in [2.05, 4.69) is 6.07 Å². The van der Waals surface area contributed by atoms with Gasteiger partial charge in [-0.1, -0.05) is 48.9 Å². The highest BCUT2D eigenvalue weighted by atomic mass is 16.7. The number of ether oxygens (including phenoxy) is 1. The van der Waals surface area contributed by atoms with E-state index in [1.807, 2.05) is 63.2 Å². The summed E-state index contributed by atoms with van der Waals surface area (Å²) >= 11 is 0. The van der Waals surface area contributed by atoms with Gasteiger partial charge in [0.2, 0.25) is 5.91 Å². The van der Waals surface area contributed by atoms with Gasteiger partial charge in [0.15, 0.2) is 6.10 Å². The van der Waals surface area contributed by atoms with Crippen LogP contribution in [0.3, 0.4) is 0 Å². The molecule has 2 aliphatic heterocycles. The number of rotatable bonds is 6. The maximum atomic E-state index is 13.8. The van der Waals surface area contributed by atoms with Gasteiger partial charge in [0.25, 0.3) is 5.91 Å². The molecular weight excluding hydrogens is 428 g/mol. The van der Waals surface area contributed by atoms with Crippen molar-refractivity contribution in [3.8, 4) is 5.75 Å². The molecule has 5 rings (SSSR count). The average molecular weight is 457 g/mol. The summed E-state index contributed by atoms with van der Waals surface area (Å²) in [4.78, 5) is 34.7. The smallest absolute Gasteiger partial charge is 0.266 e. The summed E-state index contributed by atoms with van der Waals surface area (Å²) in [6, 6.07) is 22.5. The molecule has 0 saturated carbocycles. The number of hydrogen-bond donors (Lipinski definition) is 0. The van der Waals surface area contributed by atoms with Crippen molar-refractivity contribution in [1.29, 1.82) is 0 Å². The lowest BCUT2D eigenvalue weighted by Crippen LogP contribution is -2.37. The Morgan fingerprint density at radius 2 is 1.62 bits per heavy atom. The summed E-state index contributed by atoms with van der Waals surface area (Å²) < 4.78 is 5.64. The number of aryl methyl sites for hydroxylation is 2. The molecule has 0 unspecified atom stereocenters. The first-order valence-electron chi connectivity index (χ1n) is 11.7. The molecule has 3 atom stereocenters. The Bertz CT molecular complexity index is 1210. The molecule has 3 aromatic carbocycles. The minimum atomic E-state index is -0.880. The Morgan fingerprint density at radius 1 is 0.882 bits per heavy atom. The fourth-order valence-corrected chi connectivity index (χ4v) is 4.85. The van der Waals surface area contributed by atoms with E-state index in [-0.39, 0.29) is 11.8 Å². The lowest BCUT2D eigenvalue weighted by molar-refractivity contribution is -0.126. The summed E-state index contributed by atoms with van der Waals surface area (Å²) in [6.07, 6.45) is 0.0259. The zero-order chi connectivity index (χ0) is 23.8. The van der Waals surface area contributed by atoms with E-state index in [4.69, 9.17) is 9.57 Å². The van der Waals surface area contributed by atoms with Crippen LogP contribution in [-0.2, 0) is 14.4 Å². The largest absolute Gasteiger partial charge is 0.494 e. The second-order valence-electron chi connectivity index (χ2n) is 8.87. The molecule has 0 N–H and O–H groups in total. The monoisotopic (exact) mass is 456 g/mol. The summed E-state index contributed by atoms with van der Waals surface area (Å²) in [5.74, 6) is -0.527. The Kier molecular flexibility index (Phi) is 5.84. The first kappa shape index (κ1) is 22.2. The fraction of sp³-hybridized carbons (Fsp3) is 0.286. The Morgan fingerprint density at radius 3 is 2.29 bits per heavy atom. The van der Waals surface area contributed by atoms with E-state index < -0.39 is 18.1 Å². The number of para-hydroxylation sites is 1. The van der Waals surface area contributed by atoms with Crippen molar-refractivity contribution in [2.24, 2.45) is 5.92 Å². The third-order valence-electron chi connectivity index (χ3n) is 6.44. The van der Waals surface area contributed by atoms with Crippen molar-refractivity contribution >= 4 is 23.2 Å². The lowest BCUT2D eigenvalue weighted by Gasteiger charge is -2.29. The van der Waals surface area contributed by atoms with Crippen LogP contribution < -0.4 is 14.7 Å². The molecule has 34 heavy (non-hydrogen) atoms. The Hall–Kier alpha value is -3.64. The first-order chi connectivity index (χ1) is 16.5. The van der Waals surface area contributed by atoms with E-state index in [9.17, 15) is 9.59 Å². The van der Waals surface area contributed by atoms with Crippen LogP contribution >= 0.6 is 0 Å². The number of amides is 2. The summed E-state index contributed by atoms with van der Waals surface area (Å²) in [5.41, 5.74) is 4.53. The molecule has 0 aromatic heterocycles. The SMILES string of the molecule is CCCOc1ccc(N2C(=O)[C@@H]3[C@@H](c4ccc(C)cc4C)N(c4ccccc4)O[C@H]3C2=O)cc1. The highest BCUT2D eigenvalue weighted by Gasteiger charge is 2.60. The van der Waals surface area contributed by atoms with Gasteiger partial charge in [0, 0.05) is 0 Å². The van der Waals surface area contributed by atoms with Gasteiger partial charge in [0.05, 0.1) is 24.0 Å². The van der Waals surface area contributed by atoms with Crippen molar-refractivity contribution in [3.05, 3.63) is 89.5 Å². The first-order valence-corrected chi connectivity index (χ1v) is 11.7. The van der Waals surface area contributed by atoms with Crippen LogP contribution in [0.25, 0.3) is 0 Å². The molecule has 174 valence electrons. The van der Waals surface area contributed by atoms with Crippen molar-refractivity contribution in [2.75, 3.05) is 16.6 Å². The third-order valence-corrected chi connectivity index (χ3v) is 6.44. The fourth-order valence-electron chi connectivity index (χ4n) is 4.85. The van der Waals surface area contributed by atoms with E-state index in [1.54, 1.807) is 29.3 Å². The highest BCUT2D eigenvalue weighted by molar-refractivity contribution is 6.24. The maximum Gasteiger partial charge on any atom is 0.266 e.